The third-order valence-electron chi connectivity index (χ3n) is 10.5. The van der Waals surface area contributed by atoms with Gasteiger partial charge in [0.1, 0.15) is 5.69 Å². The molecule has 0 fully saturated rings. The van der Waals surface area contributed by atoms with E-state index in [1.54, 1.807) is 0 Å². The van der Waals surface area contributed by atoms with Crippen LogP contribution in [0.25, 0.3) is 22.5 Å². The number of rotatable bonds is 11. The molecule has 0 bridgehead atoms. The van der Waals surface area contributed by atoms with Crippen molar-refractivity contribution >= 4 is 64.2 Å². The molecule has 8 rings (SSSR count). The second-order valence-corrected chi connectivity index (χ2v) is 15.7. The summed E-state index contributed by atoms with van der Waals surface area (Å²) in [5.41, 5.74) is 16.0. The predicted octanol–water partition coefficient (Wildman–Crippen LogP) is 14.2. The van der Waals surface area contributed by atoms with Crippen molar-refractivity contribution in [2.45, 2.75) is 55.4 Å². The first-order chi connectivity index (χ1) is 29.0. The zero-order valence-electron chi connectivity index (χ0n) is 35.9. The maximum atomic E-state index is 5.64. The van der Waals surface area contributed by atoms with Crippen LogP contribution in [0.3, 0.4) is 0 Å². The number of nitrogens with one attached hydrogen (secondary N) is 3. The lowest BCUT2D eigenvalue weighted by Crippen LogP contribution is -2.19. The Bertz CT molecular complexity index is 2760. The molecule has 2 aromatic heterocycles. The van der Waals surface area contributed by atoms with E-state index in [-0.39, 0.29) is 12.4 Å². The van der Waals surface area contributed by atoms with Crippen molar-refractivity contribution in [1.82, 2.24) is 19.9 Å². The van der Waals surface area contributed by atoms with Crippen LogP contribution >= 0.6 is 12.4 Å². The molecule has 0 unspecified atom stereocenters. The molecular weight excluding hydrogens is 772 g/mol. The summed E-state index contributed by atoms with van der Waals surface area (Å²) < 4.78 is 0. The van der Waals surface area contributed by atoms with E-state index >= 15 is 0 Å². The highest BCUT2D eigenvalue weighted by Crippen LogP contribution is 2.45. The average molecular weight is 823 g/mol. The van der Waals surface area contributed by atoms with Gasteiger partial charge in [-0.05, 0) is 148 Å². The van der Waals surface area contributed by atoms with Gasteiger partial charge in [-0.2, -0.15) is 0 Å². The molecule has 61 heavy (non-hydrogen) atoms. The summed E-state index contributed by atoms with van der Waals surface area (Å²) >= 11 is 0. The third-order valence-corrected chi connectivity index (χ3v) is 10.5. The van der Waals surface area contributed by atoms with Crippen LogP contribution in [0.15, 0.2) is 140 Å². The number of nitrogens with zero attached hydrogens (tertiary/aromatic N) is 5. The van der Waals surface area contributed by atoms with Crippen molar-refractivity contribution < 1.29 is 0 Å². The first-order valence-corrected chi connectivity index (χ1v) is 20.3. The van der Waals surface area contributed by atoms with Gasteiger partial charge < -0.3 is 16.0 Å². The number of anilines is 9. The van der Waals surface area contributed by atoms with Gasteiger partial charge in [0.2, 0.25) is 0 Å². The largest absolute Gasteiger partial charge is 0.337 e. The van der Waals surface area contributed by atoms with Crippen LogP contribution in [0.2, 0.25) is 0 Å². The van der Waals surface area contributed by atoms with Crippen molar-refractivity contribution in [2.75, 3.05) is 20.9 Å². The Morgan fingerprint density at radius 2 is 0.869 bits per heavy atom. The Balaban J connectivity index is 0.00000561. The lowest BCUT2D eigenvalue weighted by atomic mass is 9.99. The van der Waals surface area contributed by atoms with Gasteiger partial charge in [-0.3, -0.25) is 4.90 Å². The minimum absolute atomic E-state index is 0. The predicted molar refractivity (Wildman–Crippen MR) is 257 cm³/mol. The van der Waals surface area contributed by atoms with Crippen molar-refractivity contribution in [3.8, 4) is 22.5 Å². The fraction of sp³-hybridized carbons (Fsp3) is 0.154. The number of benzene rings is 6. The van der Waals surface area contributed by atoms with Gasteiger partial charge in [-0.15, -0.1) is 12.4 Å². The SMILES string of the molecule is Cc1cc(C)cc(Nc2nc(N(c3ccccc3)c3nc(-c4c(C)cccc4C)cnc3Nc3cc(C)cc(C)c3)c(-c3c(C)cccc3C)nc2Nc2ccccc2)c1.Cl. The minimum Gasteiger partial charge on any atom is -0.337 e. The maximum absolute atomic E-state index is 5.64. The molecule has 306 valence electrons. The molecule has 0 aliphatic carbocycles. The molecule has 6 aromatic carbocycles. The molecule has 9 heteroatoms. The quantitative estimate of drug-likeness (QED) is 0.119. The van der Waals surface area contributed by atoms with E-state index < -0.39 is 0 Å². The van der Waals surface area contributed by atoms with E-state index in [0.717, 1.165) is 84.1 Å². The summed E-state index contributed by atoms with van der Waals surface area (Å²) in [4.78, 5) is 24.1. The second-order valence-electron chi connectivity index (χ2n) is 15.7. The molecule has 3 N–H and O–H groups in total. The molecule has 0 aliphatic heterocycles. The first kappa shape index (κ1) is 42.1. The van der Waals surface area contributed by atoms with Crippen LogP contribution in [0.4, 0.5) is 51.8 Å². The van der Waals surface area contributed by atoms with Gasteiger partial charge in [-0.1, -0.05) is 84.9 Å². The maximum Gasteiger partial charge on any atom is 0.183 e. The number of para-hydroxylation sites is 2. The first-order valence-electron chi connectivity index (χ1n) is 20.3. The fourth-order valence-electron chi connectivity index (χ4n) is 8.02. The number of aromatic nitrogens is 4. The van der Waals surface area contributed by atoms with E-state index in [2.05, 4.69) is 161 Å². The minimum atomic E-state index is 0. The van der Waals surface area contributed by atoms with Crippen LogP contribution in [-0.4, -0.2) is 19.9 Å². The van der Waals surface area contributed by atoms with E-state index in [9.17, 15) is 0 Å². The van der Waals surface area contributed by atoms with Gasteiger partial charge in [0.25, 0.3) is 0 Å². The van der Waals surface area contributed by atoms with Gasteiger partial charge in [0, 0.05) is 33.9 Å². The summed E-state index contributed by atoms with van der Waals surface area (Å²) in [7, 11) is 0. The van der Waals surface area contributed by atoms with E-state index in [1.807, 2.05) is 54.7 Å². The topological polar surface area (TPSA) is 90.9 Å². The summed E-state index contributed by atoms with van der Waals surface area (Å²) in [6, 6.07) is 45.8. The molecule has 0 amide bonds. The molecule has 8 nitrogen and oxygen atoms in total. The van der Waals surface area contributed by atoms with Gasteiger partial charge in [0.05, 0.1) is 11.9 Å². The van der Waals surface area contributed by atoms with Crippen LogP contribution in [0.5, 0.6) is 0 Å². The van der Waals surface area contributed by atoms with Crippen LogP contribution in [-0.2, 0) is 0 Å². The smallest absolute Gasteiger partial charge is 0.183 e. The third kappa shape index (κ3) is 9.25. The van der Waals surface area contributed by atoms with Crippen molar-refractivity contribution in [2.24, 2.45) is 0 Å². The summed E-state index contributed by atoms with van der Waals surface area (Å²) in [5, 5.41) is 11.0. The molecule has 2 heterocycles. The molecule has 0 aliphatic rings. The van der Waals surface area contributed by atoms with Crippen molar-refractivity contribution in [3.63, 3.8) is 0 Å². The Hall–Kier alpha value is -7.03. The molecular formula is C52H51ClN8. The normalized spacial score (nSPS) is 10.8. The number of hydrogen-bond donors (Lipinski definition) is 3. The molecule has 0 spiro atoms. The lowest BCUT2D eigenvalue weighted by molar-refractivity contribution is 1.07. The van der Waals surface area contributed by atoms with Crippen molar-refractivity contribution in [1.29, 1.82) is 0 Å². The van der Waals surface area contributed by atoms with E-state index in [4.69, 9.17) is 19.9 Å². The molecule has 8 aromatic rings. The van der Waals surface area contributed by atoms with Gasteiger partial charge in [0.15, 0.2) is 29.1 Å². The van der Waals surface area contributed by atoms with Gasteiger partial charge >= 0.3 is 0 Å². The number of aryl methyl sites for hydroxylation is 8. The molecule has 0 saturated heterocycles. The van der Waals surface area contributed by atoms with Crippen molar-refractivity contribution in [3.05, 3.63) is 184 Å². The average Bonchev–Trinajstić information content (AvgIpc) is 3.20. The Morgan fingerprint density at radius 3 is 1.41 bits per heavy atom. The molecule has 0 radical (unpaired) electrons. The second kappa shape index (κ2) is 18.1. The zero-order chi connectivity index (χ0) is 41.9. The monoisotopic (exact) mass is 822 g/mol. The fourth-order valence-corrected chi connectivity index (χ4v) is 8.02. The summed E-state index contributed by atoms with van der Waals surface area (Å²) in [5.74, 6) is 2.86. The molecule has 0 saturated carbocycles. The van der Waals surface area contributed by atoms with Crippen LogP contribution in [0, 0.1) is 55.4 Å². The highest BCUT2D eigenvalue weighted by Gasteiger charge is 2.29. The molecule has 0 atom stereocenters. The van der Waals surface area contributed by atoms with E-state index in [0.29, 0.717) is 34.8 Å². The Labute approximate surface area is 365 Å². The Morgan fingerprint density at radius 1 is 0.410 bits per heavy atom. The van der Waals surface area contributed by atoms with E-state index in [1.165, 1.54) is 0 Å². The standard InChI is InChI=1S/C52H50N8.ClH/c1-32-25-33(2)28-41(27-32)55-49-48(54-40-21-11-9-12-22-40)58-47(46-38(7)19-16-20-39(46)8)51(59-49)60(43-23-13-10-14-24-43)52-50(56-42-29-34(3)26-35(4)30-42)53-31-44(57-52)45-36(5)17-15-18-37(45)6;/h9-31H,1-8H3,(H,53,56)(H,54,58)(H,55,59);1H. The summed E-state index contributed by atoms with van der Waals surface area (Å²) in [6.45, 7) is 16.9. The highest BCUT2D eigenvalue weighted by molar-refractivity contribution is 5.92. The number of halogens is 1. The zero-order valence-corrected chi connectivity index (χ0v) is 36.7. The number of hydrogen-bond acceptors (Lipinski definition) is 8. The Kier molecular flexibility index (Phi) is 12.5. The highest BCUT2D eigenvalue weighted by atomic mass is 35.5. The van der Waals surface area contributed by atoms with Crippen LogP contribution in [0.1, 0.15) is 44.5 Å². The van der Waals surface area contributed by atoms with Crippen LogP contribution < -0.4 is 20.9 Å². The van der Waals surface area contributed by atoms with Gasteiger partial charge in [-0.25, -0.2) is 19.9 Å². The lowest BCUT2D eigenvalue weighted by Gasteiger charge is -2.29. The summed E-state index contributed by atoms with van der Waals surface area (Å²) in [6.07, 6.45) is 1.87.